The molecular formula is C18H19N5O2S2. The van der Waals surface area contributed by atoms with E-state index < -0.39 is 5.25 Å². The lowest BCUT2D eigenvalue weighted by molar-refractivity contribution is -0.121. The lowest BCUT2D eigenvalue weighted by atomic mass is 10.2. The lowest BCUT2D eigenvalue weighted by Crippen LogP contribution is -2.44. The topological polar surface area (TPSA) is 88.9 Å². The Labute approximate surface area is 165 Å². The van der Waals surface area contributed by atoms with Gasteiger partial charge in [0.05, 0.1) is 10.1 Å². The van der Waals surface area contributed by atoms with E-state index in [9.17, 15) is 9.59 Å². The Morgan fingerprint density at radius 3 is 2.59 bits per heavy atom. The molecule has 0 bridgehead atoms. The normalized spacial score (nSPS) is 11.8. The monoisotopic (exact) mass is 401 g/mol. The van der Waals surface area contributed by atoms with Crippen LogP contribution in [-0.2, 0) is 11.3 Å². The Balaban J connectivity index is 1.61. The van der Waals surface area contributed by atoms with Gasteiger partial charge in [-0.1, -0.05) is 36.0 Å². The zero-order valence-corrected chi connectivity index (χ0v) is 16.5. The molecule has 0 saturated carbocycles. The fourth-order valence-electron chi connectivity index (χ4n) is 2.34. The van der Waals surface area contributed by atoms with Crippen LogP contribution in [0.25, 0.3) is 10.7 Å². The number of nitrogens with zero attached hydrogens (tertiary/aromatic N) is 3. The van der Waals surface area contributed by atoms with Gasteiger partial charge in [-0.2, -0.15) is 0 Å². The smallest absolute Gasteiger partial charge is 0.269 e. The first-order valence-corrected chi connectivity index (χ1v) is 10.1. The highest BCUT2D eigenvalue weighted by Gasteiger charge is 2.21. The van der Waals surface area contributed by atoms with Gasteiger partial charge in [-0.15, -0.1) is 21.5 Å². The molecule has 0 aliphatic rings. The van der Waals surface area contributed by atoms with Crippen LogP contribution in [0.2, 0.25) is 0 Å². The van der Waals surface area contributed by atoms with Crippen molar-refractivity contribution in [3.05, 3.63) is 53.4 Å². The molecule has 7 nitrogen and oxygen atoms in total. The van der Waals surface area contributed by atoms with Gasteiger partial charge in [0, 0.05) is 12.1 Å². The van der Waals surface area contributed by atoms with E-state index in [4.69, 9.17) is 0 Å². The summed E-state index contributed by atoms with van der Waals surface area (Å²) >= 11 is 2.89. The number of carbonyl (C=O) groups is 2. The van der Waals surface area contributed by atoms with Gasteiger partial charge in [0.2, 0.25) is 0 Å². The van der Waals surface area contributed by atoms with E-state index in [1.165, 1.54) is 11.8 Å². The maximum absolute atomic E-state index is 12.3. The number of thioether (sulfide) groups is 1. The van der Waals surface area contributed by atoms with E-state index in [2.05, 4.69) is 21.0 Å². The third-order valence-electron chi connectivity index (χ3n) is 3.76. The Hall–Kier alpha value is -2.65. The molecule has 1 atom stereocenters. The summed E-state index contributed by atoms with van der Waals surface area (Å²) in [6.45, 7) is 4.46. The number of aromatic nitrogens is 3. The van der Waals surface area contributed by atoms with Crippen LogP contribution in [-0.4, -0.2) is 31.8 Å². The summed E-state index contributed by atoms with van der Waals surface area (Å²) in [4.78, 5) is 25.4. The molecule has 2 aromatic heterocycles. The molecule has 0 radical (unpaired) electrons. The molecule has 9 heteroatoms. The zero-order chi connectivity index (χ0) is 19.2. The van der Waals surface area contributed by atoms with E-state index in [0.717, 1.165) is 10.7 Å². The van der Waals surface area contributed by atoms with Gasteiger partial charge >= 0.3 is 0 Å². The lowest BCUT2D eigenvalue weighted by Gasteiger charge is -2.13. The zero-order valence-electron chi connectivity index (χ0n) is 14.9. The second kappa shape index (κ2) is 8.83. The van der Waals surface area contributed by atoms with Crippen LogP contribution in [0.4, 0.5) is 0 Å². The molecule has 3 rings (SSSR count). The van der Waals surface area contributed by atoms with Crippen molar-refractivity contribution in [2.75, 3.05) is 0 Å². The average Bonchev–Trinajstić information content (AvgIpc) is 3.35. The Bertz CT molecular complexity index is 909. The molecule has 1 aromatic carbocycles. The second-order valence-electron chi connectivity index (χ2n) is 5.60. The van der Waals surface area contributed by atoms with Crippen LogP contribution in [0.5, 0.6) is 0 Å². The summed E-state index contributed by atoms with van der Waals surface area (Å²) in [5.74, 6) is 0.116. The third-order valence-corrected chi connectivity index (χ3v) is 5.71. The Kier molecular flexibility index (Phi) is 6.25. The first-order valence-electron chi connectivity index (χ1n) is 8.39. The van der Waals surface area contributed by atoms with Crippen molar-refractivity contribution < 1.29 is 9.59 Å². The number of amides is 2. The molecule has 0 aliphatic carbocycles. The number of hydrogen-bond acceptors (Lipinski definition) is 6. The molecule has 0 fully saturated rings. The van der Waals surface area contributed by atoms with Crippen LogP contribution >= 0.6 is 23.1 Å². The van der Waals surface area contributed by atoms with E-state index in [-0.39, 0.29) is 11.8 Å². The van der Waals surface area contributed by atoms with Crippen LogP contribution in [0, 0.1) is 0 Å². The van der Waals surface area contributed by atoms with Crippen LogP contribution in [0.15, 0.2) is 53.0 Å². The molecule has 0 aliphatic heterocycles. The molecular weight excluding hydrogens is 382 g/mol. The quantitative estimate of drug-likeness (QED) is 0.490. The third kappa shape index (κ3) is 4.55. The number of rotatable bonds is 6. The molecule has 2 amide bonds. The van der Waals surface area contributed by atoms with Crippen molar-refractivity contribution in [1.82, 2.24) is 25.6 Å². The maximum Gasteiger partial charge on any atom is 0.269 e. The molecule has 0 unspecified atom stereocenters. The van der Waals surface area contributed by atoms with Crippen LogP contribution in [0.3, 0.4) is 0 Å². The van der Waals surface area contributed by atoms with Crippen LogP contribution in [0.1, 0.15) is 24.2 Å². The summed E-state index contributed by atoms with van der Waals surface area (Å²) in [6.07, 6.45) is 0. The second-order valence-corrected chi connectivity index (χ2v) is 7.85. The van der Waals surface area contributed by atoms with Crippen molar-refractivity contribution in [2.45, 2.75) is 30.8 Å². The Morgan fingerprint density at radius 2 is 1.93 bits per heavy atom. The highest BCUT2D eigenvalue weighted by atomic mass is 32.2. The molecule has 0 saturated heterocycles. The number of thiophene rings is 1. The fraction of sp³-hybridized carbons (Fsp3) is 0.222. The summed E-state index contributed by atoms with van der Waals surface area (Å²) in [7, 11) is 0. The predicted octanol–water partition coefficient (Wildman–Crippen LogP) is 2.97. The van der Waals surface area contributed by atoms with Gasteiger partial charge in [0.15, 0.2) is 11.0 Å². The predicted molar refractivity (Wildman–Crippen MR) is 106 cm³/mol. The minimum Gasteiger partial charge on any atom is -0.302 e. The van der Waals surface area contributed by atoms with Gasteiger partial charge in [-0.25, -0.2) is 0 Å². The highest BCUT2D eigenvalue weighted by Crippen LogP contribution is 2.28. The molecule has 3 aromatic rings. The van der Waals surface area contributed by atoms with Crippen LogP contribution < -0.4 is 10.9 Å². The molecule has 140 valence electrons. The van der Waals surface area contributed by atoms with Gasteiger partial charge in [-0.05, 0) is 37.4 Å². The van der Waals surface area contributed by atoms with Crippen molar-refractivity contribution in [3.63, 3.8) is 0 Å². The standard InChI is InChI=1S/C18H19N5O2S2/c1-3-23-15(14-10-7-11-26-14)19-22-18(23)27-12(2)16(24)20-21-17(25)13-8-5-4-6-9-13/h4-12H,3H2,1-2H3,(H,20,24)(H,21,25)/t12-/m0/s1. The number of benzene rings is 1. The number of hydrazine groups is 1. The minimum atomic E-state index is -0.452. The molecule has 0 spiro atoms. The largest absolute Gasteiger partial charge is 0.302 e. The molecule has 27 heavy (non-hydrogen) atoms. The summed E-state index contributed by atoms with van der Waals surface area (Å²) in [5.41, 5.74) is 5.36. The van der Waals surface area contributed by atoms with Crippen molar-refractivity contribution in [3.8, 4) is 10.7 Å². The van der Waals surface area contributed by atoms with E-state index in [1.807, 2.05) is 35.1 Å². The van der Waals surface area contributed by atoms with Crippen molar-refractivity contribution in [1.29, 1.82) is 0 Å². The highest BCUT2D eigenvalue weighted by molar-refractivity contribution is 8.00. The van der Waals surface area contributed by atoms with E-state index in [1.54, 1.807) is 42.5 Å². The van der Waals surface area contributed by atoms with E-state index in [0.29, 0.717) is 17.3 Å². The first kappa shape index (κ1) is 19.1. The van der Waals surface area contributed by atoms with Gasteiger partial charge in [0.1, 0.15) is 0 Å². The minimum absolute atomic E-state index is 0.312. The van der Waals surface area contributed by atoms with Crippen molar-refractivity contribution >= 4 is 34.9 Å². The Morgan fingerprint density at radius 1 is 1.15 bits per heavy atom. The van der Waals surface area contributed by atoms with Crippen molar-refractivity contribution in [2.24, 2.45) is 0 Å². The molecule has 2 N–H and O–H groups in total. The SMILES string of the molecule is CCn1c(S[C@@H](C)C(=O)NNC(=O)c2ccccc2)nnc1-c1cccs1. The summed E-state index contributed by atoms with van der Waals surface area (Å²) in [5, 5.41) is 10.7. The van der Waals surface area contributed by atoms with Gasteiger partial charge < -0.3 is 4.57 Å². The number of carbonyl (C=O) groups excluding carboxylic acids is 2. The summed E-state index contributed by atoms with van der Waals surface area (Å²) in [6, 6.07) is 12.7. The summed E-state index contributed by atoms with van der Waals surface area (Å²) < 4.78 is 1.98. The number of nitrogens with one attached hydrogen (secondary N) is 2. The van der Waals surface area contributed by atoms with E-state index >= 15 is 0 Å². The number of hydrogen-bond donors (Lipinski definition) is 2. The first-order chi connectivity index (χ1) is 13.1. The molecule has 2 heterocycles. The van der Waals surface area contributed by atoms with Gasteiger partial charge in [-0.3, -0.25) is 20.4 Å². The van der Waals surface area contributed by atoms with Gasteiger partial charge in [0.25, 0.3) is 11.8 Å². The average molecular weight is 402 g/mol. The fourth-order valence-corrected chi connectivity index (χ4v) is 3.97. The maximum atomic E-state index is 12.3.